The van der Waals surface area contributed by atoms with Gasteiger partial charge in [0.25, 0.3) is 5.91 Å². The van der Waals surface area contributed by atoms with Crippen molar-refractivity contribution in [1.82, 2.24) is 5.32 Å². The van der Waals surface area contributed by atoms with Gasteiger partial charge in [-0.1, -0.05) is 6.07 Å². The molecule has 0 aliphatic rings. The minimum Gasteiger partial charge on any atom is -0.355 e. The Kier molecular flexibility index (Phi) is 3.12. The second-order valence-electron chi connectivity index (χ2n) is 2.66. The molecule has 4 nitrogen and oxygen atoms in total. The fourth-order valence-electron chi connectivity index (χ4n) is 1.09. The van der Waals surface area contributed by atoms with Gasteiger partial charge < -0.3 is 5.32 Å². The number of amides is 1. The lowest BCUT2D eigenvalue weighted by atomic mass is 10.0. The third-order valence-electron chi connectivity index (χ3n) is 1.81. The number of rotatable bonds is 3. The number of hydrogen-bond acceptors (Lipinski definition) is 3. The third kappa shape index (κ3) is 1.85. The molecule has 1 N–H and O–H groups in total. The smallest absolute Gasteiger partial charge is 0.251 e. The summed E-state index contributed by atoms with van der Waals surface area (Å²) in [5.74, 6) is -0.343. The van der Waals surface area contributed by atoms with Crippen LogP contribution in [0.1, 0.15) is 31.1 Å². The second-order valence-corrected chi connectivity index (χ2v) is 2.66. The zero-order valence-corrected chi connectivity index (χ0v) is 7.61. The number of benzene rings is 1. The summed E-state index contributed by atoms with van der Waals surface area (Å²) in [7, 11) is 1.48. The minimum absolute atomic E-state index is 0.217. The van der Waals surface area contributed by atoms with Gasteiger partial charge in [0.1, 0.15) is 6.29 Å². The monoisotopic (exact) mass is 191 g/mol. The van der Waals surface area contributed by atoms with Crippen molar-refractivity contribution >= 4 is 18.5 Å². The molecule has 1 amide bonds. The molecule has 0 unspecified atom stereocenters. The average molecular weight is 191 g/mol. The van der Waals surface area contributed by atoms with Crippen LogP contribution < -0.4 is 5.32 Å². The van der Waals surface area contributed by atoms with E-state index in [1.165, 1.54) is 25.2 Å². The zero-order valence-electron chi connectivity index (χ0n) is 7.61. The fraction of sp³-hybridized carbons (Fsp3) is 0.100. The number of carbonyl (C=O) groups excluding carboxylic acids is 3. The summed E-state index contributed by atoms with van der Waals surface area (Å²) in [5.41, 5.74) is 0.863. The first-order chi connectivity index (χ1) is 6.72. The van der Waals surface area contributed by atoms with E-state index in [0.29, 0.717) is 18.1 Å². The molecule has 0 aliphatic carbocycles. The highest BCUT2D eigenvalue weighted by molar-refractivity contribution is 6.02. The molecule has 14 heavy (non-hydrogen) atoms. The standard InChI is InChI=1S/C10H9NO3/c1-11-10(14)9-3-2-7(5-12)4-8(9)6-13/h2-6H,1H3,(H,11,14). The maximum Gasteiger partial charge on any atom is 0.251 e. The van der Waals surface area contributed by atoms with Gasteiger partial charge in [-0.25, -0.2) is 0 Å². The van der Waals surface area contributed by atoms with E-state index in [1.54, 1.807) is 0 Å². The minimum atomic E-state index is -0.343. The Balaban J connectivity index is 3.24. The van der Waals surface area contributed by atoms with Crippen molar-refractivity contribution in [2.45, 2.75) is 0 Å². The van der Waals surface area contributed by atoms with Crippen molar-refractivity contribution in [3.05, 3.63) is 34.9 Å². The largest absolute Gasteiger partial charge is 0.355 e. The summed E-state index contributed by atoms with van der Waals surface area (Å²) in [6.07, 6.45) is 1.18. The maximum atomic E-state index is 11.2. The van der Waals surface area contributed by atoms with Gasteiger partial charge in [0.15, 0.2) is 6.29 Å². The summed E-state index contributed by atoms with van der Waals surface area (Å²) in [6, 6.07) is 4.32. The summed E-state index contributed by atoms with van der Waals surface area (Å²) in [6.45, 7) is 0. The van der Waals surface area contributed by atoms with Crippen molar-refractivity contribution < 1.29 is 14.4 Å². The Morgan fingerprint density at radius 2 is 2.00 bits per heavy atom. The maximum absolute atomic E-state index is 11.2. The first-order valence-electron chi connectivity index (χ1n) is 3.99. The topological polar surface area (TPSA) is 63.2 Å². The predicted molar refractivity (Wildman–Crippen MR) is 50.6 cm³/mol. The van der Waals surface area contributed by atoms with E-state index >= 15 is 0 Å². The summed E-state index contributed by atoms with van der Waals surface area (Å²) in [5, 5.41) is 2.41. The lowest BCUT2D eigenvalue weighted by molar-refractivity contribution is 0.0956. The molecule has 0 aliphatic heterocycles. The van der Waals surface area contributed by atoms with Gasteiger partial charge in [0, 0.05) is 23.7 Å². The molecule has 0 saturated carbocycles. The lowest BCUT2D eigenvalue weighted by Crippen LogP contribution is -2.19. The SMILES string of the molecule is CNC(=O)c1ccc(C=O)cc1C=O. The van der Waals surface area contributed by atoms with Crippen molar-refractivity contribution in [2.24, 2.45) is 0 Å². The molecule has 0 spiro atoms. The van der Waals surface area contributed by atoms with Gasteiger partial charge in [-0.3, -0.25) is 14.4 Å². The Morgan fingerprint density at radius 3 is 2.50 bits per heavy atom. The molecule has 0 bridgehead atoms. The molecule has 0 atom stereocenters. The van der Waals surface area contributed by atoms with Crippen molar-refractivity contribution in [1.29, 1.82) is 0 Å². The van der Waals surface area contributed by atoms with Crippen molar-refractivity contribution in [3.63, 3.8) is 0 Å². The molecule has 0 radical (unpaired) electrons. The summed E-state index contributed by atoms with van der Waals surface area (Å²) in [4.78, 5) is 32.3. The molecular formula is C10H9NO3. The van der Waals surface area contributed by atoms with Crippen LogP contribution in [0.2, 0.25) is 0 Å². The van der Waals surface area contributed by atoms with E-state index in [4.69, 9.17) is 0 Å². The van der Waals surface area contributed by atoms with Crippen LogP contribution in [0, 0.1) is 0 Å². The zero-order chi connectivity index (χ0) is 10.6. The van der Waals surface area contributed by atoms with Gasteiger partial charge >= 0.3 is 0 Å². The van der Waals surface area contributed by atoms with Gasteiger partial charge in [-0.2, -0.15) is 0 Å². The van der Waals surface area contributed by atoms with Gasteiger partial charge in [0.2, 0.25) is 0 Å². The van der Waals surface area contributed by atoms with E-state index in [1.807, 2.05) is 0 Å². The molecule has 72 valence electrons. The van der Waals surface area contributed by atoms with Crippen LogP contribution >= 0.6 is 0 Å². The third-order valence-corrected chi connectivity index (χ3v) is 1.81. The molecule has 4 heteroatoms. The molecule has 1 aromatic rings. The van der Waals surface area contributed by atoms with Gasteiger partial charge in [-0.05, 0) is 12.1 Å². The lowest BCUT2D eigenvalue weighted by Gasteiger charge is -2.03. The van der Waals surface area contributed by atoms with Crippen molar-refractivity contribution in [3.8, 4) is 0 Å². The van der Waals surface area contributed by atoms with Crippen LogP contribution in [0.4, 0.5) is 0 Å². The van der Waals surface area contributed by atoms with Crippen molar-refractivity contribution in [2.75, 3.05) is 7.05 Å². The highest BCUT2D eigenvalue weighted by Crippen LogP contribution is 2.08. The molecule has 1 aromatic carbocycles. The van der Waals surface area contributed by atoms with E-state index in [-0.39, 0.29) is 17.0 Å². The van der Waals surface area contributed by atoms with Crippen LogP contribution in [-0.4, -0.2) is 25.5 Å². The van der Waals surface area contributed by atoms with Crippen LogP contribution in [0.15, 0.2) is 18.2 Å². The normalized spacial score (nSPS) is 9.21. The Labute approximate surface area is 80.9 Å². The van der Waals surface area contributed by atoms with E-state index in [9.17, 15) is 14.4 Å². The van der Waals surface area contributed by atoms with E-state index in [0.717, 1.165) is 0 Å². The molecule has 0 aromatic heterocycles. The quantitative estimate of drug-likeness (QED) is 0.714. The second kappa shape index (κ2) is 4.32. The average Bonchev–Trinajstić information content (AvgIpc) is 2.27. The van der Waals surface area contributed by atoms with Crippen LogP contribution in [0.5, 0.6) is 0 Å². The highest BCUT2D eigenvalue weighted by atomic mass is 16.1. The summed E-state index contributed by atoms with van der Waals surface area (Å²) < 4.78 is 0. The predicted octanol–water partition coefficient (Wildman–Crippen LogP) is 0.671. The van der Waals surface area contributed by atoms with Crippen LogP contribution in [0.25, 0.3) is 0 Å². The molecule has 1 rings (SSSR count). The molecular weight excluding hydrogens is 182 g/mol. The molecule has 0 fully saturated rings. The highest BCUT2D eigenvalue weighted by Gasteiger charge is 2.09. The van der Waals surface area contributed by atoms with E-state index in [2.05, 4.69) is 5.32 Å². The number of aldehydes is 2. The number of nitrogens with one attached hydrogen (secondary N) is 1. The Morgan fingerprint density at radius 1 is 1.29 bits per heavy atom. The van der Waals surface area contributed by atoms with Crippen LogP contribution in [0.3, 0.4) is 0 Å². The first-order valence-corrected chi connectivity index (χ1v) is 3.99. The summed E-state index contributed by atoms with van der Waals surface area (Å²) >= 11 is 0. The van der Waals surface area contributed by atoms with Crippen LogP contribution in [-0.2, 0) is 0 Å². The number of hydrogen-bond donors (Lipinski definition) is 1. The van der Waals surface area contributed by atoms with E-state index < -0.39 is 0 Å². The fourth-order valence-corrected chi connectivity index (χ4v) is 1.09. The van der Waals surface area contributed by atoms with Gasteiger partial charge in [0.05, 0.1) is 0 Å². The Hall–Kier alpha value is -1.97. The molecule has 0 heterocycles. The Bertz CT molecular complexity index is 385. The molecule has 0 saturated heterocycles. The van der Waals surface area contributed by atoms with Gasteiger partial charge in [-0.15, -0.1) is 0 Å². The first kappa shape index (κ1) is 10.1. The number of carbonyl (C=O) groups is 3.